The van der Waals surface area contributed by atoms with E-state index in [1.54, 1.807) is 22.8 Å². The summed E-state index contributed by atoms with van der Waals surface area (Å²) in [5.41, 5.74) is 4.95. The van der Waals surface area contributed by atoms with Gasteiger partial charge in [0.2, 0.25) is 0 Å². The van der Waals surface area contributed by atoms with Crippen molar-refractivity contribution >= 4 is 11.6 Å². The number of benzene rings is 1. The Morgan fingerprint density at radius 3 is 2.67 bits per heavy atom. The van der Waals surface area contributed by atoms with Crippen LogP contribution in [0.15, 0.2) is 30.5 Å². The van der Waals surface area contributed by atoms with E-state index in [2.05, 4.69) is 24.3 Å². The third-order valence-electron chi connectivity index (χ3n) is 6.77. The Bertz CT molecular complexity index is 1070. The second-order valence-corrected chi connectivity index (χ2v) is 8.71. The highest BCUT2D eigenvalue weighted by Crippen LogP contribution is 2.30. The number of carbonyl (C=O) groups excluding carboxylic acids is 1. The highest BCUT2D eigenvalue weighted by Gasteiger charge is 2.29. The summed E-state index contributed by atoms with van der Waals surface area (Å²) in [5, 5.41) is 7.68. The maximum Gasteiger partial charge on any atom is 0.256 e. The molecule has 0 radical (unpaired) electrons. The Balaban J connectivity index is 1.62. The second kappa shape index (κ2) is 8.17. The van der Waals surface area contributed by atoms with Crippen LogP contribution in [0.4, 0.5) is 4.39 Å². The quantitative estimate of drug-likeness (QED) is 0.685. The second-order valence-electron chi connectivity index (χ2n) is 8.71. The fourth-order valence-electron chi connectivity index (χ4n) is 4.57. The van der Waals surface area contributed by atoms with Crippen LogP contribution in [0.25, 0.3) is 5.65 Å². The van der Waals surface area contributed by atoms with Gasteiger partial charge in [-0.3, -0.25) is 4.79 Å². The van der Waals surface area contributed by atoms with Crippen LogP contribution in [0.3, 0.4) is 0 Å². The highest BCUT2D eigenvalue weighted by molar-refractivity contribution is 5.99. The zero-order valence-electron chi connectivity index (χ0n) is 18.1. The number of halogens is 1. The summed E-state index contributed by atoms with van der Waals surface area (Å²) in [6.45, 7) is 8.42. The molecule has 1 amide bonds. The summed E-state index contributed by atoms with van der Waals surface area (Å²) in [6.07, 6.45) is 5.64. The maximum absolute atomic E-state index is 13.2. The Kier molecular flexibility index (Phi) is 5.58. The molecule has 1 aromatic carbocycles. The van der Waals surface area contributed by atoms with Crippen LogP contribution in [0.5, 0.6) is 0 Å². The van der Waals surface area contributed by atoms with Crippen LogP contribution in [-0.4, -0.2) is 26.5 Å². The average Bonchev–Trinajstić information content (AvgIpc) is 3.14. The molecular weight excluding hydrogens is 379 g/mol. The van der Waals surface area contributed by atoms with Gasteiger partial charge < -0.3 is 5.32 Å². The van der Waals surface area contributed by atoms with Crippen molar-refractivity contribution in [2.24, 2.45) is 11.8 Å². The standard InChI is InChI=1S/C24H29FN4O/c1-14-6-5-7-22(15(14)2)28-24(30)21-13-26-29-17(4)20(16(3)27-23(21)29)12-18-8-10-19(25)11-9-18/h8-11,13-15,22H,5-7,12H2,1-4H3,(H,28,30)/t14-,15-,22+/m0/s1. The molecule has 0 bridgehead atoms. The largest absolute Gasteiger partial charge is 0.349 e. The molecule has 2 heterocycles. The number of hydrogen-bond donors (Lipinski definition) is 1. The predicted molar refractivity (Wildman–Crippen MR) is 115 cm³/mol. The smallest absolute Gasteiger partial charge is 0.256 e. The molecule has 6 heteroatoms. The van der Waals surface area contributed by atoms with E-state index in [-0.39, 0.29) is 17.8 Å². The number of hydrogen-bond acceptors (Lipinski definition) is 3. The monoisotopic (exact) mass is 408 g/mol. The molecule has 4 rings (SSSR count). The summed E-state index contributed by atoms with van der Waals surface area (Å²) in [6, 6.07) is 6.70. The Hall–Kier alpha value is -2.76. The molecular formula is C24H29FN4O. The van der Waals surface area contributed by atoms with E-state index in [1.807, 2.05) is 13.8 Å². The predicted octanol–water partition coefficient (Wildman–Crippen LogP) is 4.63. The molecule has 2 aromatic heterocycles. The molecule has 0 saturated heterocycles. The van der Waals surface area contributed by atoms with Gasteiger partial charge in [0, 0.05) is 23.9 Å². The molecule has 1 aliphatic rings. The number of fused-ring (bicyclic) bond motifs is 1. The number of carbonyl (C=O) groups is 1. The van der Waals surface area contributed by atoms with Gasteiger partial charge in [0.25, 0.3) is 5.91 Å². The third-order valence-corrected chi connectivity index (χ3v) is 6.77. The van der Waals surface area contributed by atoms with Crippen molar-refractivity contribution in [2.75, 3.05) is 0 Å². The van der Waals surface area contributed by atoms with Crippen LogP contribution in [-0.2, 0) is 6.42 Å². The van der Waals surface area contributed by atoms with Crippen molar-refractivity contribution in [3.8, 4) is 0 Å². The molecule has 5 nitrogen and oxygen atoms in total. The number of aromatic nitrogens is 3. The first kappa shape index (κ1) is 20.5. The molecule has 1 aliphatic carbocycles. The molecule has 3 atom stereocenters. The van der Waals surface area contributed by atoms with Gasteiger partial charge in [-0.2, -0.15) is 5.10 Å². The molecule has 3 aromatic rings. The van der Waals surface area contributed by atoms with Crippen LogP contribution >= 0.6 is 0 Å². The topological polar surface area (TPSA) is 59.3 Å². The van der Waals surface area contributed by atoms with Gasteiger partial charge in [-0.15, -0.1) is 0 Å². The van der Waals surface area contributed by atoms with Gasteiger partial charge in [-0.1, -0.05) is 38.8 Å². The fourth-order valence-corrected chi connectivity index (χ4v) is 4.57. The van der Waals surface area contributed by atoms with Gasteiger partial charge in [-0.25, -0.2) is 13.9 Å². The van der Waals surface area contributed by atoms with Crippen LogP contribution in [0.1, 0.15) is 66.0 Å². The molecule has 0 spiro atoms. The van der Waals surface area contributed by atoms with E-state index in [0.29, 0.717) is 29.5 Å². The van der Waals surface area contributed by atoms with Crippen molar-refractivity contribution < 1.29 is 9.18 Å². The number of amides is 1. The van der Waals surface area contributed by atoms with Crippen molar-refractivity contribution in [2.45, 2.75) is 59.4 Å². The van der Waals surface area contributed by atoms with Crippen molar-refractivity contribution in [1.82, 2.24) is 19.9 Å². The number of nitrogens with zero attached hydrogens (tertiary/aromatic N) is 3. The van der Waals surface area contributed by atoms with E-state index in [0.717, 1.165) is 35.4 Å². The number of nitrogens with one attached hydrogen (secondary N) is 1. The minimum Gasteiger partial charge on any atom is -0.349 e. The lowest BCUT2D eigenvalue weighted by Gasteiger charge is -2.34. The highest BCUT2D eigenvalue weighted by atomic mass is 19.1. The van der Waals surface area contributed by atoms with Gasteiger partial charge in [0.15, 0.2) is 5.65 Å². The lowest BCUT2D eigenvalue weighted by atomic mass is 9.78. The first-order valence-electron chi connectivity index (χ1n) is 10.7. The first-order chi connectivity index (χ1) is 14.3. The lowest BCUT2D eigenvalue weighted by Crippen LogP contribution is -2.43. The van der Waals surface area contributed by atoms with Crippen LogP contribution in [0, 0.1) is 31.5 Å². The van der Waals surface area contributed by atoms with Crippen LogP contribution in [0.2, 0.25) is 0 Å². The van der Waals surface area contributed by atoms with Crippen molar-refractivity contribution in [1.29, 1.82) is 0 Å². The first-order valence-corrected chi connectivity index (χ1v) is 10.7. The number of rotatable bonds is 4. The summed E-state index contributed by atoms with van der Waals surface area (Å²) in [5.74, 6) is 0.728. The normalized spacial score (nSPS) is 21.7. The molecule has 1 N–H and O–H groups in total. The lowest BCUT2D eigenvalue weighted by molar-refractivity contribution is 0.0892. The fraction of sp³-hybridized carbons (Fsp3) is 0.458. The van der Waals surface area contributed by atoms with Gasteiger partial charge in [0.05, 0.1) is 6.20 Å². The number of aryl methyl sites for hydroxylation is 2. The molecule has 30 heavy (non-hydrogen) atoms. The van der Waals surface area contributed by atoms with Gasteiger partial charge in [0.1, 0.15) is 11.4 Å². The molecule has 1 saturated carbocycles. The summed E-state index contributed by atoms with van der Waals surface area (Å²) < 4.78 is 15.0. The minimum absolute atomic E-state index is 0.103. The van der Waals surface area contributed by atoms with Gasteiger partial charge in [-0.05, 0) is 55.4 Å². The minimum atomic E-state index is -0.245. The molecule has 0 unspecified atom stereocenters. The Labute approximate surface area is 176 Å². The SMILES string of the molecule is Cc1nc2c(C(=O)N[C@@H]3CCC[C@H](C)[C@@H]3C)cnn2c(C)c1Cc1ccc(F)cc1. The average molecular weight is 409 g/mol. The molecule has 1 fully saturated rings. The third kappa shape index (κ3) is 3.83. The maximum atomic E-state index is 13.2. The van der Waals surface area contributed by atoms with Crippen molar-refractivity contribution in [3.05, 3.63) is 64.4 Å². The van der Waals surface area contributed by atoms with E-state index in [1.165, 1.54) is 18.6 Å². The zero-order valence-corrected chi connectivity index (χ0v) is 18.1. The zero-order chi connectivity index (χ0) is 21.4. The Morgan fingerprint density at radius 2 is 1.93 bits per heavy atom. The summed E-state index contributed by atoms with van der Waals surface area (Å²) in [7, 11) is 0. The van der Waals surface area contributed by atoms with Crippen molar-refractivity contribution in [3.63, 3.8) is 0 Å². The summed E-state index contributed by atoms with van der Waals surface area (Å²) in [4.78, 5) is 17.8. The Morgan fingerprint density at radius 1 is 1.20 bits per heavy atom. The van der Waals surface area contributed by atoms with E-state index >= 15 is 0 Å². The summed E-state index contributed by atoms with van der Waals surface area (Å²) >= 11 is 0. The molecule has 158 valence electrons. The van der Waals surface area contributed by atoms with E-state index in [4.69, 9.17) is 4.98 Å². The molecule has 0 aliphatic heterocycles. The van der Waals surface area contributed by atoms with Gasteiger partial charge >= 0.3 is 0 Å². The van der Waals surface area contributed by atoms with E-state index < -0.39 is 0 Å². The van der Waals surface area contributed by atoms with Crippen LogP contribution < -0.4 is 5.32 Å². The van der Waals surface area contributed by atoms with E-state index in [9.17, 15) is 9.18 Å².